The number of carboxylic acids is 1. The Balaban J connectivity index is 1.77. The normalized spacial score (nSPS) is 22.0. The lowest BCUT2D eigenvalue weighted by Crippen LogP contribution is -2.46. The van der Waals surface area contributed by atoms with Gasteiger partial charge in [0.05, 0.1) is 18.4 Å². The van der Waals surface area contributed by atoms with Gasteiger partial charge in [-0.3, -0.25) is 9.59 Å². The highest BCUT2D eigenvalue weighted by Gasteiger charge is 2.41. The lowest BCUT2D eigenvalue weighted by Gasteiger charge is -2.32. The fourth-order valence-corrected chi connectivity index (χ4v) is 2.48. The standard InChI is InChI=1S/C15H18ClNO4/c1-9(21-11-4-2-3-10(16)7-11)8-17-14(18)12-5-6-13(12)15(19)20/h2-4,7,9,12-13H,5-6,8H2,1H3,(H,17,18)(H,19,20). The van der Waals surface area contributed by atoms with Gasteiger partial charge in [0, 0.05) is 5.02 Å². The van der Waals surface area contributed by atoms with Crippen LogP contribution in [0.5, 0.6) is 5.75 Å². The number of hydrogen-bond donors (Lipinski definition) is 2. The van der Waals surface area contributed by atoms with Crippen molar-refractivity contribution in [1.29, 1.82) is 0 Å². The Morgan fingerprint density at radius 1 is 1.43 bits per heavy atom. The molecule has 2 N–H and O–H groups in total. The largest absolute Gasteiger partial charge is 0.489 e. The molecule has 3 atom stereocenters. The maximum Gasteiger partial charge on any atom is 0.307 e. The van der Waals surface area contributed by atoms with Crippen LogP contribution in [0.3, 0.4) is 0 Å². The number of nitrogens with one attached hydrogen (secondary N) is 1. The van der Waals surface area contributed by atoms with Crippen molar-refractivity contribution in [2.24, 2.45) is 11.8 Å². The molecule has 21 heavy (non-hydrogen) atoms. The summed E-state index contributed by atoms with van der Waals surface area (Å²) in [6.07, 6.45) is 0.977. The van der Waals surface area contributed by atoms with Gasteiger partial charge in [0.15, 0.2) is 0 Å². The maximum absolute atomic E-state index is 11.9. The summed E-state index contributed by atoms with van der Waals surface area (Å²) in [7, 11) is 0. The van der Waals surface area contributed by atoms with Gasteiger partial charge in [-0.2, -0.15) is 0 Å². The minimum absolute atomic E-state index is 0.213. The molecule has 0 aliphatic heterocycles. The van der Waals surface area contributed by atoms with E-state index in [-0.39, 0.29) is 12.0 Å². The van der Waals surface area contributed by atoms with Crippen LogP contribution in [-0.4, -0.2) is 29.6 Å². The van der Waals surface area contributed by atoms with Gasteiger partial charge in [-0.05, 0) is 38.0 Å². The van der Waals surface area contributed by atoms with Crippen LogP contribution in [0.4, 0.5) is 0 Å². The molecule has 1 aromatic rings. The number of ether oxygens (including phenoxy) is 1. The molecule has 3 unspecified atom stereocenters. The van der Waals surface area contributed by atoms with E-state index in [1.807, 2.05) is 6.92 Å². The third kappa shape index (κ3) is 4.11. The van der Waals surface area contributed by atoms with Crippen LogP contribution in [0, 0.1) is 11.8 Å². The fraction of sp³-hybridized carbons (Fsp3) is 0.467. The van der Waals surface area contributed by atoms with Crippen molar-refractivity contribution in [2.45, 2.75) is 25.9 Å². The second-order valence-corrected chi connectivity index (χ2v) is 5.70. The van der Waals surface area contributed by atoms with E-state index in [0.717, 1.165) is 0 Å². The molecule has 1 aliphatic carbocycles. The number of halogens is 1. The summed E-state index contributed by atoms with van der Waals surface area (Å²) in [6.45, 7) is 2.16. The molecule has 0 aromatic heterocycles. The van der Waals surface area contributed by atoms with Gasteiger partial charge in [0.1, 0.15) is 11.9 Å². The molecule has 1 amide bonds. The monoisotopic (exact) mass is 311 g/mol. The third-order valence-corrected chi connectivity index (χ3v) is 3.86. The summed E-state index contributed by atoms with van der Waals surface area (Å²) in [4.78, 5) is 22.8. The van der Waals surface area contributed by atoms with E-state index in [4.69, 9.17) is 21.4 Å². The molecular weight excluding hydrogens is 294 g/mol. The summed E-state index contributed by atoms with van der Waals surface area (Å²) >= 11 is 5.86. The second-order valence-electron chi connectivity index (χ2n) is 5.26. The zero-order valence-corrected chi connectivity index (χ0v) is 12.5. The van der Waals surface area contributed by atoms with Gasteiger partial charge in [-0.15, -0.1) is 0 Å². The number of carbonyl (C=O) groups excluding carboxylic acids is 1. The van der Waals surface area contributed by atoms with E-state index >= 15 is 0 Å². The number of aliphatic carboxylic acids is 1. The third-order valence-electron chi connectivity index (χ3n) is 3.63. The van der Waals surface area contributed by atoms with Gasteiger partial charge in [-0.25, -0.2) is 0 Å². The highest BCUT2D eigenvalue weighted by molar-refractivity contribution is 6.30. The van der Waals surface area contributed by atoms with E-state index in [1.54, 1.807) is 24.3 Å². The average molecular weight is 312 g/mol. The van der Waals surface area contributed by atoms with Crippen LogP contribution in [0.1, 0.15) is 19.8 Å². The Morgan fingerprint density at radius 2 is 2.14 bits per heavy atom. The van der Waals surface area contributed by atoms with Crippen molar-refractivity contribution >= 4 is 23.5 Å². The van der Waals surface area contributed by atoms with Gasteiger partial charge in [-0.1, -0.05) is 17.7 Å². The van der Waals surface area contributed by atoms with Crippen molar-refractivity contribution in [3.63, 3.8) is 0 Å². The molecular formula is C15H18ClNO4. The topological polar surface area (TPSA) is 75.6 Å². The number of hydrogen-bond acceptors (Lipinski definition) is 3. The van der Waals surface area contributed by atoms with Gasteiger partial charge < -0.3 is 15.2 Å². The van der Waals surface area contributed by atoms with E-state index < -0.39 is 17.8 Å². The Bertz CT molecular complexity index is 534. The average Bonchev–Trinajstić information content (AvgIpc) is 2.34. The summed E-state index contributed by atoms with van der Waals surface area (Å²) in [5.41, 5.74) is 0. The highest BCUT2D eigenvalue weighted by Crippen LogP contribution is 2.34. The lowest BCUT2D eigenvalue weighted by atomic mass is 9.73. The lowest BCUT2D eigenvalue weighted by molar-refractivity contribution is -0.152. The number of benzene rings is 1. The molecule has 1 aromatic carbocycles. The van der Waals surface area contributed by atoms with Crippen LogP contribution in [0.25, 0.3) is 0 Å². The molecule has 1 aliphatic rings. The van der Waals surface area contributed by atoms with E-state index in [9.17, 15) is 9.59 Å². The summed E-state index contributed by atoms with van der Waals surface area (Å²) < 4.78 is 5.64. The fourth-order valence-electron chi connectivity index (χ4n) is 2.30. The number of amides is 1. The zero-order valence-electron chi connectivity index (χ0n) is 11.7. The first-order valence-corrected chi connectivity index (χ1v) is 7.28. The number of rotatable bonds is 6. The van der Waals surface area contributed by atoms with Crippen LogP contribution in [-0.2, 0) is 9.59 Å². The van der Waals surface area contributed by atoms with Crippen LogP contribution >= 0.6 is 11.6 Å². The number of carboxylic acid groups (broad SMARTS) is 1. The van der Waals surface area contributed by atoms with Crippen molar-refractivity contribution in [2.75, 3.05) is 6.54 Å². The van der Waals surface area contributed by atoms with Gasteiger partial charge in [0.25, 0.3) is 0 Å². The van der Waals surface area contributed by atoms with Gasteiger partial charge in [0.2, 0.25) is 5.91 Å². The second kappa shape index (κ2) is 6.80. The minimum Gasteiger partial charge on any atom is -0.489 e. The molecule has 0 saturated heterocycles. The molecule has 0 spiro atoms. The van der Waals surface area contributed by atoms with Crippen molar-refractivity contribution in [3.05, 3.63) is 29.3 Å². The molecule has 0 radical (unpaired) electrons. The molecule has 0 bridgehead atoms. The van der Waals surface area contributed by atoms with Crippen LogP contribution < -0.4 is 10.1 Å². The molecule has 2 rings (SSSR count). The first kappa shape index (κ1) is 15.6. The van der Waals surface area contributed by atoms with Crippen molar-refractivity contribution < 1.29 is 19.4 Å². The summed E-state index contributed by atoms with van der Waals surface area (Å²) in [5, 5.41) is 12.3. The SMILES string of the molecule is CC(CNC(=O)C1CCC1C(=O)O)Oc1cccc(Cl)c1. The smallest absolute Gasteiger partial charge is 0.307 e. The van der Waals surface area contributed by atoms with Crippen molar-refractivity contribution in [1.82, 2.24) is 5.32 Å². The highest BCUT2D eigenvalue weighted by atomic mass is 35.5. The Hall–Kier alpha value is -1.75. The predicted molar refractivity (Wildman–Crippen MR) is 78.4 cm³/mol. The van der Waals surface area contributed by atoms with Crippen LogP contribution in [0.15, 0.2) is 24.3 Å². The molecule has 5 nitrogen and oxygen atoms in total. The molecule has 114 valence electrons. The molecule has 1 fully saturated rings. The Morgan fingerprint density at radius 3 is 2.71 bits per heavy atom. The van der Waals surface area contributed by atoms with E-state index in [0.29, 0.717) is 30.2 Å². The van der Waals surface area contributed by atoms with Gasteiger partial charge >= 0.3 is 5.97 Å². The number of carbonyl (C=O) groups is 2. The summed E-state index contributed by atoms with van der Waals surface area (Å²) in [6, 6.07) is 7.03. The Labute approximate surface area is 128 Å². The minimum atomic E-state index is -0.898. The quantitative estimate of drug-likeness (QED) is 0.845. The van der Waals surface area contributed by atoms with Crippen molar-refractivity contribution in [3.8, 4) is 5.75 Å². The van der Waals surface area contributed by atoms with E-state index in [1.165, 1.54) is 0 Å². The molecule has 0 heterocycles. The Kier molecular flexibility index (Phi) is 5.07. The van der Waals surface area contributed by atoms with Crippen LogP contribution in [0.2, 0.25) is 5.02 Å². The summed E-state index contributed by atoms with van der Waals surface area (Å²) in [5.74, 6) is -1.44. The first-order valence-electron chi connectivity index (χ1n) is 6.90. The first-order chi connectivity index (χ1) is 9.97. The maximum atomic E-state index is 11.9. The predicted octanol–water partition coefficient (Wildman–Crippen LogP) is 2.33. The molecule has 6 heteroatoms. The molecule has 1 saturated carbocycles. The van der Waals surface area contributed by atoms with E-state index in [2.05, 4.69) is 5.32 Å². The zero-order chi connectivity index (χ0) is 15.4.